The Hall–Kier alpha value is -3.62. The number of hydrogen-bond donors (Lipinski definition) is 1. The molecule has 188 valence electrons. The van der Waals surface area contributed by atoms with Crippen LogP contribution in [0.5, 0.6) is 5.75 Å². The molecule has 0 unspecified atom stereocenters. The second-order valence-electron chi connectivity index (χ2n) is 8.79. The van der Waals surface area contributed by atoms with Crippen molar-refractivity contribution in [1.82, 2.24) is 14.5 Å². The Balaban J connectivity index is 1.33. The van der Waals surface area contributed by atoms with Gasteiger partial charge in [-0.05, 0) is 75.2 Å². The number of nitrogens with one attached hydrogen (secondary N) is 1. The van der Waals surface area contributed by atoms with E-state index in [9.17, 15) is 4.79 Å². The summed E-state index contributed by atoms with van der Waals surface area (Å²) in [6.45, 7) is 8.88. The molecule has 0 aliphatic heterocycles. The highest BCUT2D eigenvalue weighted by Gasteiger charge is 2.16. The maximum Gasteiger partial charge on any atom is 0.236 e. The fourth-order valence-electron chi connectivity index (χ4n) is 4.52. The third-order valence-corrected chi connectivity index (χ3v) is 7.65. The Bertz CT molecular complexity index is 1550. The maximum atomic E-state index is 12.9. The molecule has 0 saturated carbocycles. The van der Waals surface area contributed by atoms with Crippen LogP contribution in [0.4, 0.5) is 5.13 Å². The van der Waals surface area contributed by atoms with Crippen LogP contribution in [0.1, 0.15) is 23.6 Å². The standard InChI is InChI=1S/C29H28N4O2S2/c1-5-35-22-12-10-21(11-13-22)33-25-9-7-6-8-23(25)31-29(33)37-17-26(34)32-28-30-24(16-36-28)27-19(3)14-18(2)15-20(27)4/h6-16H,5,17H2,1-4H3,(H,30,32,34). The highest BCUT2D eigenvalue weighted by Crippen LogP contribution is 2.32. The Morgan fingerprint density at radius 2 is 1.76 bits per heavy atom. The Morgan fingerprint density at radius 1 is 1.03 bits per heavy atom. The molecule has 37 heavy (non-hydrogen) atoms. The minimum atomic E-state index is -0.117. The number of hydrogen-bond acceptors (Lipinski definition) is 6. The van der Waals surface area contributed by atoms with Gasteiger partial charge < -0.3 is 10.1 Å². The van der Waals surface area contributed by atoms with E-state index in [1.54, 1.807) is 0 Å². The van der Waals surface area contributed by atoms with Crippen molar-refractivity contribution in [3.63, 3.8) is 0 Å². The number of anilines is 1. The average Bonchev–Trinajstić information content (AvgIpc) is 3.47. The summed E-state index contributed by atoms with van der Waals surface area (Å²) in [7, 11) is 0. The molecule has 0 aliphatic carbocycles. The topological polar surface area (TPSA) is 69.0 Å². The van der Waals surface area contributed by atoms with Crippen LogP contribution in [0.2, 0.25) is 0 Å². The number of amides is 1. The molecule has 6 nitrogen and oxygen atoms in total. The van der Waals surface area contributed by atoms with E-state index >= 15 is 0 Å². The molecule has 0 radical (unpaired) electrons. The normalized spacial score (nSPS) is 11.1. The molecule has 5 rings (SSSR count). The first-order chi connectivity index (χ1) is 17.9. The van der Waals surface area contributed by atoms with Crippen molar-refractivity contribution in [2.24, 2.45) is 0 Å². The fraction of sp³-hybridized carbons (Fsp3) is 0.207. The van der Waals surface area contributed by atoms with Crippen molar-refractivity contribution in [2.75, 3.05) is 17.7 Å². The summed E-state index contributed by atoms with van der Waals surface area (Å²) in [5, 5.41) is 6.31. The molecule has 0 bridgehead atoms. The van der Waals surface area contributed by atoms with Crippen LogP contribution in [0.25, 0.3) is 28.0 Å². The number of imidazole rings is 1. The van der Waals surface area contributed by atoms with Crippen molar-refractivity contribution >= 4 is 45.2 Å². The summed E-state index contributed by atoms with van der Waals surface area (Å²) in [6.07, 6.45) is 0. The largest absolute Gasteiger partial charge is 0.494 e. The van der Waals surface area contributed by atoms with Gasteiger partial charge in [0.05, 0.1) is 29.1 Å². The predicted molar refractivity (Wildman–Crippen MR) is 153 cm³/mol. The molecule has 0 aliphatic rings. The summed E-state index contributed by atoms with van der Waals surface area (Å²) in [5.41, 5.74) is 8.45. The maximum absolute atomic E-state index is 12.9. The van der Waals surface area contributed by atoms with Crippen molar-refractivity contribution < 1.29 is 9.53 Å². The first-order valence-electron chi connectivity index (χ1n) is 12.1. The lowest BCUT2D eigenvalue weighted by molar-refractivity contribution is -0.113. The number of rotatable bonds is 8. The van der Waals surface area contributed by atoms with Crippen LogP contribution in [0.15, 0.2) is 71.2 Å². The molecule has 1 amide bonds. The minimum absolute atomic E-state index is 0.117. The molecule has 5 aromatic rings. The van der Waals surface area contributed by atoms with E-state index < -0.39 is 0 Å². The van der Waals surface area contributed by atoms with Crippen molar-refractivity contribution in [2.45, 2.75) is 32.9 Å². The van der Waals surface area contributed by atoms with Gasteiger partial charge in [-0.15, -0.1) is 11.3 Å². The minimum Gasteiger partial charge on any atom is -0.494 e. The SMILES string of the molecule is CCOc1ccc(-n2c(SCC(=O)Nc3nc(-c4c(C)cc(C)cc4C)cs3)nc3ccccc32)cc1. The summed E-state index contributed by atoms with van der Waals surface area (Å²) in [5.74, 6) is 0.925. The Morgan fingerprint density at radius 3 is 2.49 bits per heavy atom. The highest BCUT2D eigenvalue weighted by molar-refractivity contribution is 7.99. The van der Waals surface area contributed by atoms with Gasteiger partial charge in [0.15, 0.2) is 10.3 Å². The van der Waals surface area contributed by atoms with Crippen molar-refractivity contribution in [3.8, 4) is 22.7 Å². The number of benzene rings is 3. The van der Waals surface area contributed by atoms with E-state index in [1.165, 1.54) is 39.8 Å². The number of thioether (sulfide) groups is 1. The third-order valence-electron chi connectivity index (χ3n) is 5.95. The van der Waals surface area contributed by atoms with Gasteiger partial charge in [0, 0.05) is 16.6 Å². The van der Waals surface area contributed by atoms with Gasteiger partial charge in [-0.1, -0.05) is 41.6 Å². The number of carbonyl (C=O) groups excluding carboxylic acids is 1. The number of thiazole rings is 1. The number of fused-ring (bicyclic) bond motifs is 1. The highest BCUT2D eigenvalue weighted by atomic mass is 32.2. The van der Waals surface area contributed by atoms with Crippen molar-refractivity contribution in [3.05, 3.63) is 82.7 Å². The summed E-state index contributed by atoms with van der Waals surface area (Å²) in [6, 6.07) is 20.2. The molecule has 0 saturated heterocycles. The quantitative estimate of drug-likeness (QED) is 0.216. The molecule has 2 heterocycles. The number of para-hydroxylation sites is 2. The number of nitrogens with zero attached hydrogens (tertiary/aromatic N) is 3. The summed E-state index contributed by atoms with van der Waals surface area (Å²) >= 11 is 2.84. The van der Waals surface area contributed by atoms with Crippen molar-refractivity contribution in [1.29, 1.82) is 0 Å². The molecule has 8 heteroatoms. The Labute approximate surface area is 224 Å². The zero-order valence-corrected chi connectivity index (χ0v) is 22.9. The van der Waals surface area contributed by atoms with Crippen LogP contribution in [-0.4, -0.2) is 32.8 Å². The monoisotopic (exact) mass is 528 g/mol. The third kappa shape index (κ3) is 5.40. The lowest BCUT2D eigenvalue weighted by Crippen LogP contribution is -2.14. The second kappa shape index (κ2) is 10.8. The van der Waals surface area contributed by atoms with E-state index in [0.717, 1.165) is 38.9 Å². The van der Waals surface area contributed by atoms with Crippen LogP contribution in [0.3, 0.4) is 0 Å². The first-order valence-corrected chi connectivity index (χ1v) is 14.0. The van der Waals surface area contributed by atoms with Gasteiger partial charge in [-0.3, -0.25) is 9.36 Å². The van der Waals surface area contributed by atoms with E-state index in [-0.39, 0.29) is 11.7 Å². The van der Waals surface area contributed by atoms with Crippen LogP contribution >= 0.6 is 23.1 Å². The molecule has 2 aromatic heterocycles. The van der Waals surface area contributed by atoms with Gasteiger partial charge >= 0.3 is 0 Å². The zero-order chi connectivity index (χ0) is 25.9. The van der Waals surface area contributed by atoms with Gasteiger partial charge in [0.25, 0.3) is 0 Å². The molecule has 0 spiro atoms. The molecular weight excluding hydrogens is 500 g/mol. The summed E-state index contributed by atoms with van der Waals surface area (Å²) in [4.78, 5) is 22.4. The van der Waals surface area contributed by atoms with E-state index in [4.69, 9.17) is 14.7 Å². The molecular formula is C29H28N4O2S2. The number of carbonyl (C=O) groups is 1. The van der Waals surface area contributed by atoms with E-state index in [1.807, 2.05) is 60.8 Å². The van der Waals surface area contributed by atoms with Gasteiger partial charge in [0.2, 0.25) is 5.91 Å². The average molecular weight is 529 g/mol. The predicted octanol–water partition coefficient (Wildman–Crippen LogP) is 7.20. The number of aryl methyl sites for hydroxylation is 3. The fourth-order valence-corrected chi connectivity index (χ4v) is 6.07. The van der Waals surface area contributed by atoms with Crippen LogP contribution < -0.4 is 10.1 Å². The number of ether oxygens (including phenoxy) is 1. The van der Waals surface area contributed by atoms with Gasteiger partial charge in [-0.25, -0.2) is 9.97 Å². The van der Waals surface area contributed by atoms with E-state index in [0.29, 0.717) is 11.7 Å². The smallest absolute Gasteiger partial charge is 0.236 e. The molecule has 3 aromatic carbocycles. The zero-order valence-electron chi connectivity index (χ0n) is 21.2. The number of aromatic nitrogens is 3. The molecule has 1 N–H and O–H groups in total. The van der Waals surface area contributed by atoms with E-state index in [2.05, 4.69) is 42.8 Å². The van der Waals surface area contributed by atoms with Crippen LogP contribution in [-0.2, 0) is 4.79 Å². The van der Waals surface area contributed by atoms with Crippen LogP contribution in [0, 0.1) is 20.8 Å². The van der Waals surface area contributed by atoms with Gasteiger partial charge in [-0.2, -0.15) is 0 Å². The Kier molecular flexibility index (Phi) is 7.30. The van der Waals surface area contributed by atoms with Gasteiger partial charge in [0.1, 0.15) is 5.75 Å². The lowest BCUT2D eigenvalue weighted by atomic mass is 9.98. The molecule has 0 atom stereocenters. The lowest BCUT2D eigenvalue weighted by Gasteiger charge is -2.10. The summed E-state index contributed by atoms with van der Waals surface area (Å²) < 4.78 is 7.67. The first kappa shape index (κ1) is 25.0. The second-order valence-corrected chi connectivity index (χ2v) is 10.6. The molecule has 0 fully saturated rings.